The molecule has 1 atom stereocenters. The predicted molar refractivity (Wildman–Crippen MR) is 61.7 cm³/mol. The number of hydrogen-bond acceptors (Lipinski definition) is 3. The van der Waals surface area contributed by atoms with Crippen LogP contribution in [0.1, 0.15) is 19.8 Å². The lowest BCUT2D eigenvalue weighted by Gasteiger charge is -2.32. The molecular weight excluding hydrogens is 174 g/mol. The number of likely N-dealkylation sites (N-methyl/N-ethyl adjacent to an activating group) is 1. The van der Waals surface area contributed by atoms with Gasteiger partial charge in [-0.3, -0.25) is 4.90 Å². The molecule has 0 saturated carbocycles. The summed E-state index contributed by atoms with van der Waals surface area (Å²) in [6.45, 7) is 8.36. The van der Waals surface area contributed by atoms with Gasteiger partial charge in [0.15, 0.2) is 0 Å². The second-order valence-electron chi connectivity index (χ2n) is 4.58. The average molecular weight is 199 g/mol. The fraction of sp³-hybridized carbons (Fsp3) is 1.00. The van der Waals surface area contributed by atoms with Gasteiger partial charge in [0.2, 0.25) is 0 Å². The molecule has 0 spiro atoms. The van der Waals surface area contributed by atoms with E-state index < -0.39 is 0 Å². The average Bonchev–Trinajstić information content (AvgIpc) is 2.10. The Morgan fingerprint density at radius 3 is 2.86 bits per heavy atom. The first-order valence-corrected chi connectivity index (χ1v) is 5.79. The summed E-state index contributed by atoms with van der Waals surface area (Å²) in [5.41, 5.74) is 0. The zero-order chi connectivity index (χ0) is 10.4. The van der Waals surface area contributed by atoms with Crippen molar-refractivity contribution in [1.29, 1.82) is 0 Å². The quantitative estimate of drug-likeness (QED) is 0.719. The summed E-state index contributed by atoms with van der Waals surface area (Å²) in [5.74, 6) is 0. The molecule has 0 aromatic heterocycles. The van der Waals surface area contributed by atoms with Crippen molar-refractivity contribution < 1.29 is 0 Å². The first kappa shape index (κ1) is 12.0. The highest BCUT2D eigenvalue weighted by molar-refractivity contribution is 4.72. The largest absolute Gasteiger partial charge is 0.317 e. The Morgan fingerprint density at radius 1 is 1.36 bits per heavy atom. The first-order valence-electron chi connectivity index (χ1n) is 5.79. The van der Waals surface area contributed by atoms with Gasteiger partial charge in [-0.2, -0.15) is 0 Å². The van der Waals surface area contributed by atoms with Crippen LogP contribution in [-0.2, 0) is 0 Å². The zero-order valence-electron chi connectivity index (χ0n) is 9.92. The maximum absolute atomic E-state index is 3.47. The first-order chi connectivity index (χ1) is 6.70. The van der Waals surface area contributed by atoms with E-state index in [0.717, 1.165) is 6.04 Å². The molecule has 0 aromatic carbocycles. The van der Waals surface area contributed by atoms with E-state index in [-0.39, 0.29) is 0 Å². The van der Waals surface area contributed by atoms with E-state index in [1.54, 1.807) is 0 Å². The van der Waals surface area contributed by atoms with Crippen molar-refractivity contribution in [3.05, 3.63) is 0 Å². The lowest BCUT2D eigenvalue weighted by molar-refractivity contribution is 0.169. The molecule has 0 aliphatic carbocycles. The van der Waals surface area contributed by atoms with Gasteiger partial charge in [-0.25, -0.2) is 0 Å². The topological polar surface area (TPSA) is 18.5 Å². The molecule has 1 N–H and O–H groups in total. The molecule has 1 saturated heterocycles. The van der Waals surface area contributed by atoms with Crippen LogP contribution >= 0.6 is 0 Å². The van der Waals surface area contributed by atoms with Crippen LogP contribution in [0.25, 0.3) is 0 Å². The zero-order valence-corrected chi connectivity index (χ0v) is 9.92. The molecule has 0 bridgehead atoms. The second-order valence-corrected chi connectivity index (χ2v) is 4.58. The fourth-order valence-electron chi connectivity index (χ4n) is 1.91. The smallest absolute Gasteiger partial charge is 0.0112 e. The Morgan fingerprint density at radius 2 is 2.14 bits per heavy atom. The third kappa shape index (κ3) is 4.40. The van der Waals surface area contributed by atoms with E-state index in [2.05, 4.69) is 36.1 Å². The molecule has 0 amide bonds. The molecule has 14 heavy (non-hydrogen) atoms. The lowest BCUT2D eigenvalue weighted by atomic mass is 10.1. The number of hydrogen-bond donors (Lipinski definition) is 1. The van der Waals surface area contributed by atoms with E-state index in [1.807, 2.05) is 0 Å². The Kier molecular flexibility index (Phi) is 5.45. The summed E-state index contributed by atoms with van der Waals surface area (Å²) in [7, 11) is 4.30. The van der Waals surface area contributed by atoms with Crippen LogP contribution in [-0.4, -0.2) is 62.7 Å². The standard InChI is InChI=1S/C11H25N3/c1-11-5-7-12-6-4-8-14(11)10-9-13(2)3/h11-12H,4-10H2,1-3H3. The van der Waals surface area contributed by atoms with Gasteiger partial charge in [0.05, 0.1) is 0 Å². The molecule has 1 fully saturated rings. The summed E-state index contributed by atoms with van der Waals surface area (Å²) in [6, 6.07) is 0.739. The molecular formula is C11H25N3. The van der Waals surface area contributed by atoms with Gasteiger partial charge in [-0.15, -0.1) is 0 Å². The van der Waals surface area contributed by atoms with Crippen molar-refractivity contribution in [2.24, 2.45) is 0 Å². The minimum Gasteiger partial charge on any atom is -0.317 e. The summed E-state index contributed by atoms with van der Waals surface area (Å²) < 4.78 is 0. The van der Waals surface area contributed by atoms with Crippen LogP contribution in [0.15, 0.2) is 0 Å². The van der Waals surface area contributed by atoms with Crippen LogP contribution in [0.3, 0.4) is 0 Å². The Hall–Kier alpha value is -0.120. The van der Waals surface area contributed by atoms with Gasteiger partial charge in [0, 0.05) is 19.1 Å². The van der Waals surface area contributed by atoms with Crippen LogP contribution in [0, 0.1) is 0 Å². The monoisotopic (exact) mass is 199 g/mol. The Labute approximate surface area is 88.5 Å². The number of nitrogens with one attached hydrogen (secondary N) is 1. The van der Waals surface area contributed by atoms with Crippen LogP contribution in [0.5, 0.6) is 0 Å². The minimum atomic E-state index is 0.739. The van der Waals surface area contributed by atoms with Crippen molar-refractivity contribution in [3.63, 3.8) is 0 Å². The summed E-state index contributed by atoms with van der Waals surface area (Å²) >= 11 is 0. The van der Waals surface area contributed by atoms with Gasteiger partial charge >= 0.3 is 0 Å². The lowest BCUT2D eigenvalue weighted by Crippen LogP contribution is -2.42. The summed E-state index contributed by atoms with van der Waals surface area (Å²) in [6.07, 6.45) is 2.57. The summed E-state index contributed by atoms with van der Waals surface area (Å²) in [5, 5.41) is 3.47. The van der Waals surface area contributed by atoms with Crippen LogP contribution in [0.2, 0.25) is 0 Å². The molecule has 1 heterocycles. The highest BCUT2D eigenvalue weighted by atomic mass is 15.2. The third-order valence-corrected chi connectivity index (χ3v) is 3.00. The van der Waals surface area contributed by atoms with Crippen molar-refractivity contribution >= 4 is 0 Å². The molecule has 1 aliphatic rings. The molecule has 3 nitrogen and oxygen atoms in total. The van der Waals surface area contributed by atoms with Crippen molar-refractivity contribution in [2.75, 3.05) is 46.8 Å². The van der Waals surface area contributed by atoms with E-state index >= 15 is 0 Å². The van der Waals surface area contributed by atoms with Crippen molar-refractivity contribution in [2.45, 2.75) is 25.8 Å². The number of nitrogens with zero attached hydrogens (tertiary/aromatic N) is 2. The maximum Gasteiger partial charge on any atom is 0.0112 e. The van der Waals surface area contributed by atoms with Gasteiger partial charge < -0.3 is 10.2 Å². The summed E-state index contributed by atoms with van der Waals surface area (Å²) in [4.78, 5) is 4.89. The van der Waals surface area contributed by atoms with E-state index in [9.17, 15) is 0 Å². The highest BCUT2D eigenvalue weighted by Crippen LogP contribution is 2.06. The van der Waals surface area contributed by atoms with Gasteiger partial charge in [0.25, 0.3) is 0 Å². The van der Waals surface area contributed by atoms with Crippen LogP contribution in [0.4, 0.5) is 0 Å². The minimum absolute atomic E-state index is 0.739. The molecule has 0 radical (unpaired) electrons. The van der Waals surface area contributed by atoms with E-state index in [1.165, 1.54) is 45.6 Å². The van der Waals surface area contributed by atoms with Crippen molar-refractivity contribution in [3.8, 4) is 0 Å². The SMILES string of the molecule is CC1CCNCCCN1CCN(C)C. The normalized spacial score (nSPS) is 26.1. The van der Waals surface area contributed by atoms with Gasteiger partial charge in [-0.1, -0.05) is 0 Å². The van der Waals surface area contributed by atoms with Crippen LogP contribution < -0.4 is 5.32 Å². The maximum atomic E-state index is 3.47. The molecule has 1 unspecified atom stereocenters. The molecule has 1 aliphatic heterocycles. The molecule has 0 aromatic rings. The predicted octanol–water partition coefficient (Wildman–Crippen LogP) is 0.622. The van der Waals surface area contributed by atoms with Gasteiger partial charge in [0.1, 0.15) is 0 Å². The van der Waals surface area contributed by atoms with Gasteiger partial charge in [-0.05, 0) is 53.5 Å². The molecule has 84 valence electrons. The molecule has 1 rings (SSSR count). The van der Waals surface area contributed by atoms with E-state index in [4.69, 9.17) is 0 Å². The third-order valence-electron chi connectivity index (χ3n) is 3.00. The van der Waals surface area contributed by atoms with E-state index in [0.29, 0.717) is 0 Å². The Balaban J connectivity index is 2.29. The highest BCUT2D eigenvalue weighted by Gasteiger charge is 2.14. The Bertz CT molecular complexity index is 147. The van der Waals surface area contributed by atoms with Crippen molar-refractivity contribution in [1.82, 2.24) is 15.1 Å². The number of rotatable bonds is 3. The second kappa shape index (κ2) is 6.38. The fourth-order valence-corrected chi connectivity index (χ4v) is 1.91. The molecule has 3 heteroatoms.